The Hall–Kier alpha value is -7.26. The fourth-order valence-electron chi connectivity index (χ4n) is 7.97. The first-order valence-corrected chi connectivity index (χ1v) is 22.5. The van der Waals surface area contributed by atoms with Crippen molar-refractivity contribution in [2.45, 2.75) is 19.6 Å². The molecule has 0 unspecified atom stereocenters. The van der Waals surface area contributed by atoms with E-state index in [0.717, 1.165) is 44.8 Å². The molecule has 0 bridgehead atoms. The van der Waals surface area contributed by atoms with Crippen molar-refractivity contribution in [3.63, 3.8) is 0 Å². The maximum Gasteiger partial charge on any atom is 0.210 e. The smallest absolute Gasteiger partial charge is 0.210 e. The van der Waals surface area contributed by atoms with Crippen molar-refractivity contribution in [1.29, 1.82) is 0 Å². The molecule has 0 saturated heterocycles. The molecule has 2 heterocycles. The lowest BCUT2D eigenvalue weighted by Gasteiger charge is -2.33. The number of para-hydroxylation sites is 4. The van der Waals surface area contributed by atoms with E-state index in [-0.39, 0.29) is 19.6 Å². The van der Waals surface area contributed by atoms with Crippen LogP contribution in [0.25, 0.3) is 35.4 Å². The molecule has 2 aliphatic rings. The van der Waals surface area contributed by atoms with Gasteiger partial charge in [-0.1, -0.05) is 146 Å². The van der Waals surface area contributed by atoms with Crippen LogP contribution in [0.4, 0.5) is 34.1 Å². The molecule has 0 atom stereocenters. The maximum absolute atomic E-state index is 13.9. The third-order valence-electron chi connectivity index (χ3n) is 10.9. The molecule has 290 valence electrons. The topological polar surface area (TPSA) is 74.8 Å². The summed E-state index contributed by atoms with van der Waals surface area (Å²) in [5.74, 6) is 0. The summed E-state index contributed by atoms with van der Waals surface area (Å²) in [6.07, 6.45) is 7.86. The van der Waals surface area contributed by atoms with Crippen molar-refractivity contribution in [3.05, 3.63) is 216 Å². The zero-order valence-corrected chi connectivity index (χ0v) is 33.8. The van der Waals surface area contributed by atoms with Gasteiger partial charge in [0, 0.05) is 11.4 Å². The highest BCUT2D eigenvalue weighted by molar-refractivity contribution is 7.92. The number of benzene rings is 8. The van der Waals surface area contributed by atoms with Crippen LogP contribution in [0.2, 0.25) is 0 Å². The lowest BCUT2D eigenvalue weighted by atomic mass is 10.0. The number of hydrogen-bond donors (Lipinski definition) is 0. The van der Waals surface area contributed by atoms with E-state index in [1.165, 1.54) is 0 Å². The summed E-state index contributed by atoms with van der Waals surface area (Å²) in [7, 11) is -7.47. The summed E-state index contributed by atoms with van der Waals surface area (Å²) in [5, 5.41) is 0. The molecular formula is C52H36N2O4S2. The molecule has 8 aromatic rings. The average Bonchev–Trinajstić information content (AvgIpc) is 3.29. The Morgan fingerprint density at radius 3 is 1.02 bits per heavy atom. The number of nitrogens with zero attached hydrogens (tertiary/aromatic N) is 2. The van der Waals surface area contributed by atoms with Crippen molar-refractivity contribution in [3.8, 4) is 11.1 Å². The highest BCUT2D eigenvalue weighted by Crippen LogP contribution is 2.49. The first-order chi connectivity index (χ1) is 29.3. The molecule has 10 rings (SSSR count). The minimum absolute atomic E-state index is 0.276. The predicted molar refractivity (Wildman–Crippen MR) is 243 cm³/mol. The SMILES string of the molecule is O=S1(=O)c2ccccc2N(c2ccccc2)c2ccc(/C=C/c3ccc(-c4ccc(/C=C/c5ccc6c(c5)S(=O)(=O)c5ccccc5N6c5ccccc5)cc4)cc3)cc21. The first-order valence-electron chi connectivity index (χ1n) is 19.5. The van der Waals surface area contributed by atoms with Crippen LogP contribution in [0.15, 0.2) is 214 Å². The molecule has 60 heavy (non-hydrogen) atoms. The number of fused-ring (bicyclic) bond motifs is 4. The monoisotopic (exact) mass is 816 g/mol. The first kappa shape index (κ1) is 37.0. The van der Waals surface area contributed by atoms with Gasteiger partial charge in [-0.2, -0.15) is 0 Å². The standard InChI is InChI=1S/C52H36N2O4S2/c55-59(56)49-17-9-7-15-45(49)53(43-11-3-1-4-12-43)47-33-27-39(35-51(47)59)21-19-37-23-29-41(30-24-37)42-31-25-38(26-32-42)20-22-40-28-34-48-52(36-40)60(57,58)50-18-10-8-16-46(50)54(48)44-13-5-2-6-14-44/h1-36H/b21-19+,22-20+. The minimum Gasteiger partial charge on any atom is -0.308 e. The molecule has 6 nitrogen and oxygen atoms in total. The molecule has 0 spiro atoms. The maximum atomic E-state index is 13.9. The number of sulfone groups is 2. The van der Waals surface area contributed by atoms with Crippen LogP contribution in [-0.2, 0) is 19.7 Å². The summed E-state index contributed by atoms with van der Waals surface area (Å²) in [6.45, 7) is 0. The molecule has 0 N–H and O–H groups in total. The van der Waals surface area contributed by atoms with E-state index in [1.54, 1.807) is 36.4 Å². The van der Waals surface area contributed by atoms with Gasteiger partial charge in [0.1, 0.15) is 0 Å². The van der Waals surface area contributed by atoms with Crippen LogP contribution in [0.3, 0.4) is 0 Å². The number of rotatable bonds is 7. The van der Waals surface area contributed by atoms with Gasteiger partial charge >= 0.3 is 0 Å². The molecule has 0 radical (unpaired) electrons. The molecular weight excluding hydrogens is 781 g/mol. The van der Waals surface area contributed by atoms with Crippen molar-refractivity contribution in [2.75, 3.05) is 9.80 Å². The molecule has 8 heteroatoms. The molecule has 8 aromatic carbocycles. The van der Waals surface area contributed by atoms with E-state index >= 15 is 0 Å². The molecule has 0 aliphatic carbocycles. The fraction of sp³-hybridized carbons (Fsp3) is 0. The summed E-state index contributed by atoms with van der Waals surface area (Å²) in [4.78, 5) is 5.14. The summed E-state index contributed by atoms with van der Waals surface area (Å²) < 4.78 is 55.5. The van der Waals surface area contributed by atoms with E-state index in [0.29, 0.717) is 22.7 Å². The summed E-state index contributed by atoms with van der Waals surface area (Å²) >= 11 is 0. The van der Waals surface area contributed by atoms with Crippen molar-refractivity contribution in [1.82, 2.24) is 0 Å². The highest BCUT2D eigenvalue weighted by Gasteiger charge is 2.36. The second-order valence-electron chi connectivity index (χ2n) is 14.6. The second kappa shape index (κ2) is 14.8. The van der Waals surface area contributed by atoms with Gasteiger partial charge in [0.15, 0.2) is 0 Å². The van der Waals surface area contributed by atoms with E-state index in [2.05, 4.69) is 24.3 Å². The van der Waals surface area contributed by atoms with Crippen LogP contribution in [0, 0.1) is 0 Å². The van der Waals surface area contributed by atoms with Crippen molar-refractivity contribution in [2.24, 2.45) is 0 Å². The highest BCUT2D eigenvalue weighted by atomic mass is 32.2. The van der Waals surface area contributed by atoms with Gasteiger partial charge < -0.3 is 9.80 Å². The van der Waals surface area contributed by atoms with E-state index in [9.17, 15) is 16.8 Å². The van der Waals surface area contributed by atoms with Gasteiger partial charge in [0.2, 0.25) is 19.7 Å². The van der Waals surface area contributed by atoms with Crippen molar-refractivity contribution < 1.29 is 16.8 Å². The van der Waals surface area contributed by atoms with Crippen LogP contribution >= 0.6 is 0 Å². The third kappa shape index (κ3) is 6.52. The number of hydrogen-bond acceptors (Lipinski definition) is 6. The largest absolute Gasteiger partial charge is 0.308 e. The molecule has 0 saturated carbocycles. The molecule has 0 aromatic heterocycles. The Balaban J connectivity index is 0.860. The molecule has 0 amide bonds. The Kier molecular flexibility index (Phi) is 9.16. The fourth-order valence-corrected chi connectivity index (χ4v) is 11.3. The average molecular weight is 817 g/mol. The van der Waals surface area contributed by atoms with Gasteiger partial charge in [-0.15, -0.1) is 0 Å². The zero-order valence-electron chi connectivity index (χ0n) is 32.1. The normalized spacial score (nSPS) is 14.7. The molecule has 0 fully saturated rings. The second-order valence-corrected chi connectivity index (χ2v) is 18.4. The Morgan fingerprint density at radius 2 is 0.617 bits per heavy atom. The van der Waals surface area contributed by atoms with Crippen LogP contribution in [-0.4, -0.2) is 16.8 Å². The Morgan fingerprint density at radius 1 is 0.300 bits per heavy atom. The van der Waals surface area contributed by atoms with Crippen LogP contribution < -0.4 is 9.80 Å². The van der Waals surface area contributed by atoms with E-state index < -0.39 is 19.7 Å². The number of anilines is 6. The van der Waals surface area contributed by atoms with E-state index in [1.807, 2.05) is 168 Å². The Labute approximate surface area is 350 Å². The molecule has 2 aliphatic heterocycles. The Bertz CT molecular complexity index is 3000. The summed E-state index contributed by atoms with van der Waals surface area (Å²) in [6, 6.07) is 61.5. The summed E-state index contributed by atoms with van der Waals surface area (Å²) in [5.41, 5.74) is 9.97. The predicted octanol–water partition coefficient (Wildman–Crippen LogP) is 12.9. The van der Waals surface area contributed by atoms with Gasteiger partial charge in [0.25, 0.3) is 0 Å². The van der Waals surface area contributed by atoms with Gasteiger partial charge in [-0.05, 0) is 106 Å². The van der Waals surface area contributed by atoms with E-state index in [4.69, 9.17) is 0 Å². The van der Waals surface area contributed by atoms with Gasteiger partial charge in [-0.3, -0.25) is 0 Å². The van der Waals surface area contributed by atoms with Crippen LogP contribution in [0.5, 0.6) is 0 Å². The minimum atomic E-state index is -3.74. The lowest BCUT2D eigenvalue weighted by molar-refractivity contribution is 0.593. The lowest BCUT2D eigenvalue weighted by Crippen LogP contribution is -2.22. The van der Waals surface area contributed by atoms with Gasteiger partial charge in [0.05, 0.1) is 42.3 Å². The third-order valence-corrected chi connectivity index (χ3v) is 14.6. The quantitative estimate of drug-likeness (QED) is 0.149. The zero-order chi connectivity index (χ0) is 40.8. The van der Waals surface area contributed by atoms with Gasteiger partial charge in [-0.25, -0.2) is 16.8 Å². The van der Waals surface area contributed by atoms with Crippen molar-refractivity contribution >= 4 is 78.1 Å². The van der Waals surface area contributed by atoms with Crippen LogP contribution in [0.1, 0.15) is 22.3 Å².